The Hall–Kier alpha value is -2.60. The van der Waals surface area contributed by atoms with Crippen LogP contribution in [-0.2, 0) is 14.3 Å². The second-order valence-electron chi connectivity index (χ2n) is 6.56. The first-order valence-electron chi connectivity index (χ1n) is 8.19. The van der Waals surface area contributed by atoms with Crippen LogP contribution in [0, 0.1) is 11.8 Å². The molecule has 6 heteroatoms. The molecule has 0 aliphatic carbocycles. The third kappa shape index (κ3) is 2.00. The predicted molar refractivity (Wildman–Crippen MR) is 87.8 cm³/mol. The van der Waals surface area contributed by atoms with E-state index < -0.39 is 29.5 Å². The van der Waals surface area contributed by atoms with Gasteiger partial charge in [0.25, 0.3) is 0 Å². The Kier molecular flexibility index (Phi) is 3.47. The molecule has 3 aliphatic heterocycles. The van der Waals surface area contributed by atoms with Crippen LogP contribution in [0.3, 0.4) is 0 Å². The molecule has 0 N–H and O–H groups in total. The highest BCUT2D eigenvalue weighted by Crippen LogP contribution is 2.56. The fourth-order valence-corrected chi connectivity index (χ4v) is 4.42. The van der Waals surface area contributed by atoms with E-state index in [0.717, 1.165) is 0 Å². The second-order valence-corrected chi connectivity index (χ2v) is 6.56. The molecule has 0 radical (unpaired) electrons. The van der Waals surface area contributed by atoms with Gasteiger partial charge in [-0.1, -0.05) is 18.2 Å². The quantitative estimate of drug-likeness (QED) is 0.737. The van der Waals surface area contributed by atoms with Crippen LogP contribution in [0.2, 0.25) is 0 Å². The number of fused-ring (bicyclic) bond motifs is 1. The molecule has 130 valence electrons. The van der Waals surface area contributed by atoms with Crippen LogP contribution in [0.1, 0.15) is 6.42 Å². The third-order valence-corrected chi connectivity index (χ3v) is 5.43. The first kappa shape index (κ1) is 15.9. The summed E-state index contributed by atoms with van der Waals surface area (Å²) in [6.07, 6.45) is 5.19. The van der Waals surface area contributed by atoms with E-state index in [1.807, 2.05) is 6.08 Å². The molecule has 1 aromatic carbocycles. The van der Waals surface area contributed by atoms with Gasteiger partial charge in [-0.3, -0.25) is 4.79 Å². The van der Waals surface area contributed by atoms with Gasteiger partial charge in [-0.25, -0.2) is 0 Å². The summed E-state index contributed by atoms with van der Waals surface area (Å²) in [5.74, 6) is -2.56. The average Bonchev–Trinajstić information content (AvgIpc) is 3.24. The standard InChI is InChI=1S/C19H19NO5/c1-3-4-14-19-10-9-13(25-19)15(18(22)23)16(19)17(21)20(14)11-5-7-12(24-2)8-6-11/h3,5-10,13-16H,1,4H2,2H3,(H,22,23)/p-1/t13-,14+,15+,16-,19+/m0/s1. The molecule has 25 heavy (non-hydrogen) atoms. The van der Waals surface area contributed by atoms with Crippen molar-refractivity contribution in [2.24, 2.45) is 11.8 Å². The molecule has 4 rings (SSSR count). The van der Waals surface area contributed by atoms with Crippen molar-refractivity contribution in [2.75, 3.05) is 12.0 Å². The highest BCUT2D eigenvalue weighted by atomic mass is 16.5. The first-order valence-corrected chi connectivity index (χ1v) is 8.19. The van der Waals surface area contributed by atoms with Crippen molar-refractivity contribution in [1.82, 2.24) is 0 Å². The number of hydrogen-bond donors (Lipinski definition) is 0. The molecule has 1 spiro atoms. The summed E-state index contributed by atoms with van der Waals surface area (Å²) >= 11 is 0. The number of rotatable bonds is 5. The summed E-state index contributed by atoms with van der Waals surface area (Å²) in [5.41, 5.74) is -0.264. The number of carbonyl (C=O) groups excluding carboxylic acids is 2. The maximum absolute atomic E-state index is 13.2. The molecule has 3 aliphatic rings. The number of carbonyl (C=O) groups is 2. The van der Waals surface area contributed by atoms with E-state index in [2.05, 4.69) is 6.58 Å². The Labute approximate surface area is 145 Å². The fraction of sp³-hybridized carbons (Fsp3) is 0.368. The van der Waals surface area contributed by atoms with Crippen LogP contribution in [0.25, 0.3) is 0 Å². The minimum Gasteiger partial charge on any atom is -0.550 e. The number of benzene rings is 1. The van der Waals surface area contributed by atoms with Crippen molar-refractivity contribution in [3.63, 3.8) is 0 Å². The van der Waals surface area contributed by atoms with Crippen molar-refractivity contribution >= 4 is 17.6 Å². The lowest BCUT2D eigenvalue weighted by Gasteiger charge is -2.32. The monoisotopic (exact) mass is 340 g/mol. The third-order valence-electron chi connectivity index (χ3n) is 5.43. The average molecular weight is 340 g/mol. The Balaban J connectivity index is 1.80. The molecule has 3 heterocycles. The Morgan fingerprint density at radius 3 is 2.76 bits per heavy atom. The SMILES string of the molecule is C=CC[C@H]1N(c2ccc(OC)cc2)C(=O)[C@@H]2[C@H](C(=O)[O-])[C@@H]3C=C[C@]21O3. The smallest absolute Gasteiger partial charge is 0.234 e. The summed E-state index contributed by atoms with van der Waals surface area (Å²) in [5, 5.41) is 11.6. The lowest BCUT2D eigenvalue weighted by molar-refractivity contribution is -0.313. The maximum atomic E-state index is 13.2. The van der Waals surface area contributed by atoms with E-state index in [9.17, 15) is 14.7 Å². The number of anilines is 1. The normalized spacial score (nSPS) is 35.1. The van der Waals surface area contributed by atoms with Crippen LogP contribution in [-0.4, -0.2) is 36.7 Å². The molecule has 1 aromatic rings. The van der Waals surface area contributed by atoms with Gasteiger partial charge in [0.15, 0.2) is 0 Å². The van der Waals surface area contributed by atoms with Crippen LogP contribution >= 0.6 is 0 Å². The van der Waals surface area contributed by atoms with Gasteiger partial charge in [0.1, 0.15) is 11.4 Å². The lowest BCUT2D eigenvalue weighted by Crippen LogP contribution is -2.46. The van der Waals surface area contributed by atoms with Gasteiger partial charge < -0.3 is 24.3 Å². The fourth-order valence-electron chi connectivity index (χ4n) is 4.42. The molecule has 0 aromatic heterocycles. The summed E-state index contributed by atoms with van der Waals surface area (Å²) in [6.45, 7) is 3.79. The van der Waals surface area contributed by atoms with E-state index in [4.69, 9.17) is 9.47 Å². The molecule has 2 saturated heterocycles. The number of amides is 1. The van der Waals surface area contributed by atoms with E-state index in [-0.39, 0.29) is 11.9 Å². The van der Waals surface area contributed by atoms with Crippen LogP contribution in [0.15, 0.2) is 49.1 Å². The van der Waals surface area contributed by atoms with E-state index in [0.29, 0.717) is 17.9 Å². The van der Waals surface area contributed by atoms with Crippen LogP contribution in [0.4, 0.5) is 5.69 Å². The summed E-state index contributed by atoms with van der Waals surface area (Å²) in [6, 6.07) is 6.76. The zero-order valence-corrected chi connectivity index (χ0v) is 13.8. The Morgan fingerprint density at radius 1 is 1.44 bits per heavy atom. The van der Waals surface area contributed by atoms with Gasteiger partial charge in [-0.05, 0) is 30.7 Å². The Morgan fingerprint density at radius 2 is 2.16 bits per heavy atom. The van der Waals surface area contributed by atoms with Crippen molar-refractivity contribution in [1.29, 1.82) is 0 Å². The molecule has 2 bridgehead atoms. The summed E-state index contributed by atoms with van der Waals surface area (Å²) in [7, 11) is 1.57. The molecule has 0 unspecified atom stereocenters. The minimum absolute atomic E-state index is 0.252. The number of nitrogens with zero attached hydrogens (tertiary/aromatic N) is 1. The zero-order valence-electron chi connectivity index (χ0n) is 13.8. The number of carboxylic acid groups (broad SMARTS) is 1. The number of ether oxygens (including phenoxy) is 2. The molecule has 6 nitrogen and oxygen atoms in total. The Bertz CT molecular complexity index is 771. The van der Waals surface area contributed by atoms with Crippen molar-refractivity contribution in [3.05, 3.63) is 49.1 Å². The lowest BCUT2D eigenvalue weighted by atomic mass is 9.74. The van der Waals surface area contributed by atoms with Crippen LogP contribution in [0.5, 0.6) is 5.75 Å². The van der Waals surface area contributed by atoms with E-state index in [1.165, 1.54) is 0 Å². The molecule has 1 amide bonds. The number of methoxy groups -OCH3 is 1. The van der Waals surface area contributed by atoms with Gasteiger partial charge in [0.2, 0.25) is 5.91 Å². The molecular formula is C19H18NO5-. The van der Waals surface area contributed by atoms with E-state index >= 15 is 0 Å². The van der Waals surface area contributed by atoms with Gasteiger partial charge >= 0.3 is 0 Å². The van der Waals surface area contributed by atoms with Crippen molar-refractivity contribution in [3.8, 4) is 5.75 Å². The van der Waals surface area contributed by atoms with Gasteiger partial charge in [0.05, 0.1) is 25.2 Å². The molecular weight excluding hydrogens is 322 g/mol. The summed E-state index contributed by atoms with van der Waals surface area (Å²) in [4.78, 5) is 26.4. The zero-order chi connectivity index (χ0) is 17.8. The minimum atomic E-state index is -1.25. The predicted octanol–water partition coefficient (Wildman–Crippen LogP) is 0.676. The van der Waals surface area contributed by atoms with Gasteiger partial charge in [0, 0.05) is 17.6 Å². The highest BCUT2D eigenvalue weighted by Gasteiger charge is 2.69. The van der Waals surface area contributed by atoms with Crippen molar-refractivity contribution < 1.29 is 24.2 Å². The second kappa shape index (κ2) is 5.46. The molecule has 0 saturated carbocycles. The topological polar surface area (TPSA) is 78.9 Å². The van der Waals surface area contributed by atoms with E-state index in [1.54, 1.807) is 48.4 Å². The molecule has 5 atom stereocenters. The first-order chi connectivity index (χ1) is 12.0. The van der Waals surface area contributed by atoms with Gasteiger partial charge in [-0.2, -0.15) is 0 Å². The highest BCUT2D eigenvalue weighted by molar-refractivity contribution is 6.03. The largest absolute Gasteiger partial charge is 0.550 e. The molecule has 2 fully saturated rings. The number of carboxylic acids is 1. The maximum Gasteiger partial charge on any atom is 0.234 e. The van der Waals surface area contributed by atoms with Gasteiger partial charge in [-0.15, -0.1) is 6.58 Å². The van der Waals surface area contributed by atoms with Crippen LogP contribution < -0.4 is 14.7 Å². The number of aliphatic carboxylic acids is 1. The van der Waals surface area contributed by atoms with Crippen molar-refractivity contribution in [2.45, 2.75) is 24.2 Å². The summed E-state index contributed by atoms with van der Waals surface area (Å²) < 4.78 is 11.2. The number of hydrogen-bond acceptors (Lipinski definition) is 5.